The topological polar surface area (TPSA) is 32.3 Å². The molecule has 0 spiro atoms. The predicted octanol–water partition coefficient (Wildman–Crippen LogP) is 3.16. The van der Waals surface area contributed by atoms with Crippen molar-refractivity contribution in [2.75, 3.05) is 25.4 Å². The van der Waals surface area contributed by atoms with E-state index in [1.165, 1.54) is 17.7 Å². The molecule has 1 N–H and O–H groups in total. The predicted molar refractivity (Wildman–Crippen MR) is 89.7 cm³/mol. The summed E-state index contributed by atoms with van der Waals surface area (Å²) in [5, 5.41) is 3.11. The maximum atomic E-state index is 12.3. The molecule has 0 saturated carbocycles. The van der Waals surface area contributed by atoms with Crippen molar-refractivity contribution in [2.45, 2.75) is 43.5 Å². The van der Waals surface area contributed by atoms with Gasteiger partial charge in [0.15, 0.2) is 0 Å². The number of nitrogens with zero attached hydrogens (tertiary/aromatic N) is 1. The van der Waals surface area contributed by atoms with Gasteiger partial charge in [-0.2, -0.15) is 0 Å². The molecule has 1 aliphatic rings. The van der Waals surface area contributed by atoms with Crippen molar-refractivity contribution < 1.29 is 4.79 Å². The molecule has 1 aromatic rings. The zero-order valence-electron chi connectivity index (χ0n) is 12.9. The van der Waals surface area contributed by atoms with Crippen molar-refractivity contribution in [2.24, 2.45) is 0 Å². The molecule has 1 saturated heterocycles. The number of benzene rings is 1. The molecule has 2 rings (SSSR count). The molecule has 1 amide bonds. The highest BCUT2D eigenvalue weighted by Gasteiger charge is 2.27. The van der Waals surface area contributed by atoms with Crippen molar-refractivity contribution >= 4 is 17.7 Å². The van der Waals surface area contributed by atoms with Crippen LogP contribution in [-0.4, -0.2) is 42.2 Å². The Hall–Kier alpha value is -1.00. The summed E-state index contributed by atoms with van der Waals surface area (Å²) in [5.41, 5.74) is 0. The third kappa shape index (κ3) is 5.36. The van der Waals surface area contributed by atoms with Gasteiger partial charge in [0.2, 0.25) is 5.91 Å². The zero-order valence-corrected chi connectivity index (χ0v) is 13.7. The number of carbonyl (C=O) groups is 1. The molecule has 0 radical (unpaired) electrons. The van der Waals surface area contributed by atoms with Crippen LogP contribution in [0.4, 0.5) is 0 Å². The normalized spacial score (nSPS) is 19.4. The molecule has 3 nitrogen and oxygen atoms in total. The minimum absolute atomic E-state index is 0.0976. The van der Waals surface area contributed by atoms with Crippen LogP contribution >= 0.6 is 11.8 Å². The van der Waals surface area contributed by atoms with Gasteiger partial charge >= 0.3 is 0 Å². The van der Waals surface area contributed by atoms with Crippen molar-refractivity contribution in [1.82, 2.24) is 10.2 Å². The summed E-state index contributed by atoms with van der Waals surface area (Å²) >= 11 is 1.79. The van der Waals surface area contributed by atoms with Gasteiger partial charge in [-0.25, -0.2) is 0 Å². The van der Waals surface area contributed by atoms with Gasteiger partial charge in [-0.3, -0.25) is 9.69 Å². The minimum atomic E-state index is 0.0976. The van der Waals surface area contributed by atoms with Gasteiger partial charge in [-0.05, 0) is 44.5 Å². The Kier molecular flexibility index (Phi) is 7.10. The number of rotatable bonds is 7. The minimum Gasteiger partial charge on any atom is -0.354 e. The van der Waals surface area contributed by atoms with E-state index in [0.717, 1.165) is 38.2 Å². The van der Waals surface area contributed by atoms with Gasteiger partial charge in [0, 0.05) is 17.2 Å². The summed E-state index contributed by atoms with van der Waals surface area (Å²) in [7, 11) is 0. The van der Waals surface area contributed by atoms with Gasteiger partial charge < -0.3 is 5.32 Å². The van der Waals surface area contributed by atoms with Crippen LogP contribution < -0.4 is 5.32 Å². The number of nitrogens with one attached hydrogen (secondary N) is 1. The lowest BCUT2D eigenvalue weighted by Gasteiger charge is -2.34. The smallest absolute Gasteiger partial charge is 0.237 e. The van der Waals surface area contributed by atoms with E-state index in [-0.39, 0.29) is 11.9 Å². The molecule has 1 unspecified atom stereocenters. The van der Waals surface area contributed by atoms with Crippen molar-refractivity contribution in [3.8, 4) is 0 Å². The number of hydrogen-bond acceptors (Lipinski definition) is 3. The molecule has 21 heavy (non-hydrogen) atoms. The molecular formula is C17H26N2OS. The summed E-state index contributed by atoms with van der Waals surface area (Å²) in [6.07, 6.45) is 4.54. The lowest BCUT2D eigenvalue weighted by molar-refractivity contribution is -0.127. The molecule has 1 fully saturated rings. The number of amides is 1. The first-order valence-electron chi connectivity index (χ1n) is 8.01. The average molecular weight is 306 g/mol. The van der Waals surface area contributed by atoms with Crippen molar-refractivity contribution in [3.05, 3.63) is 30.3 Å². The number of carbonyl (C=O) groups excluding carboxylic acids is 1. The molecule has 116 valence electrons. The molecule has 0 aliphatic carbocycles. The van der Waals surface area contributed by atoms with Crippen LogP contribution in [0.2, 0.25) is 0 Å². The summed E-state index contributed by atoms with van der Waals surface area (Å²) < 4.78 is 0. The second kappa shape index (κ2) is 9.11. The van der Waals surface area contributed by atoms with Crippen LogP contribution in [0.1, 0.15) is 32.6 Å². The lowest BCUT2D eigenvalue weighted by atomic mass is 10.0. The highest BCUT2D eigenvalue weighted by Crippen LogP contribution is 2.18. The highest BCUT2D eigenvalue weighted by atomic mass is 32.2. The maximum absolute atomic E-state index is 12.3. The van der Waals surface area contributed by atoms with Crippen LogP contribution in [0.5, 0.6) is 0 Å². The SMILES string of the molecule is CCCN1CCCCC1C(=O)NCCSc1ccccc1. The molecule has 0 bridgehead atoms. The van der Waals surface area contributed by atoms with Gasteiger partial charge in [-0.1, -0.05) is 31.5 Å². The fraction of sp³-hybridized carbons (Fsp3) is 0.588. The van der Waals surface area contributed by atoms with Crippen molar-refractivity contribution in [1.29, 1.82) is 0 Å². The Morgan fingerprint density at radius 2 is 2.14 bits per heavy atom. The van der Waals surface area contributed by atoms with Crippen LogP contribution in [0.3, 0.4) is 0 Å². The largest absolute Gasteiger partial charge is 0.354 e. The molecule has 0 aromatic heterocycles. The number of piperidine rings is 1. The molecule has 4 heteroatoms. The summed E-state index contributed by atoms with van der Waals surface area (Å²) in [5.74, 6) is 1.15. The third-order valence-corrected chi connectivity index (χ3v) is 4.85. The Morgan fingerprint density at radius 1 is 1.33 bits per heavy atom. The Balaban J connectivity index is 1.70. The molecule has 1 aromatic carbocycles. The van der Waals surface area contributed by atoms with Gasteiger partial charge in [-0.15, -0.1) is 11.8 Å². The lowest BCUT2D eigenvalue weighted by Crippen LogP contribution is -2.50. The second-order valence-corrected chi connectivity index (χ2v) is 6.67. The second-order valence-electron chi connectivity index (χ2n) is 5.50. The van der Waals surface area contributed by atoms with E-state index < -0.39 is 0 Å². The fourth-order valence-electron chi connectivity index (χ4n) is 2.82. The number of hydrogen-bond donors (Lipinski definition) is 1. The van der Waals surface area contributed by atoms with E-state index >= 15 is 0 Å². The van der Waals surface area contributed by atoms with Crippen LogP contribution in [0, 0.1) is 0 Å². The maximum Gasteiger partial charge on any atom is 0.237 e. The van der Waals surface area contributed by atoms with E-state index in [9.17, 15) is 4.79 Å². The number of thioether (sulfide) groups is 1. The molecule has 1 heterocycles. The third-order valence-electron chi connectivity index (χ3n) is 3.84. The average Bonchev–Trinajstić information content (AvgIpc) is 2.53. The van der Waals surface area contributed by atoms with Crippen LogP contribution in [0.25, 0.3) is 0 Å². The van der Waals surface area contributed by atoms with E-state index in [4.69, 9.17) is 0 Å². The molecule has 1 aliphatic heterocycles. The quantitative estimate of drug-likeness (QED) is 0.620. The summed E-state index contributed by atoms with van der Waals surface area (Å²) in [4.78, 5) is 15.9. The van der Waals surface area contributed by atoms with E-state index in [2.05, 4.69) is 29.3 Å². The zero-order chi connectivity index (χ0) is 14.9. The Bertz CT molecular complexity index is 422. The molecular weight excluding hydrogens is 280 g/mol. The monoisotopic (exact) mass is 306 g/mol. The highest BCUT2D eigenvalue weighted by molar-refractivity contribution is 7.99. The van der Waals surface area contributed by atoms with Gasteiger partial charge in [0.1, 0.15) is 0 Å². The van der Waals surface area contributed by atoms with Gasteiger partial charge in [0.05, 0.1) is 6.04 Å². The Morgan fingerprint density at radius 3 is 2.90 bits per heavy atom. The fourth-order valence-corrected chi connectivity index (χ4v) is 3.61. The van der Waals surface area contributed by atoms with Crippen LogP contribution in [-0.2, 0) is 4.79 Å². The first-order valence-corrected chi connectivity index (χ1v) is 8.99. The van der Waals surface area contributed by atoms with Crippen LogP contribution in [0.15, 0.2) is 35.2 Å². The Labute approximate surface area is 132 Å². The van der Waals surface area contributed by atoms with E-state index in [1.54, 1.807) is 11.8 Å². The summed E-state index contributed by atoms with van der Waals surface area (Å²) in [6.45, 7) is 5.04. The van der Waals surface area contributed by atoms with E-state index in [1.807, 2.05) is 18.2 Å². The van der Waals surface area contributed by atoms with Gasteiger partial charge in [0.25, 0.3) is 0 Å². The summed E-state index contributed by atoms with van der Waals surface area (Å²) in [6, 6.07) is 10.4. The standard InChI is InChI=1S/C17H26N2OS/c1-2-12-19-13-7-6-10-16(19)17(20)18-11-14-21-15-8-4-3-5-9-15/h3-5,8-9,16H,2,6-7,10-14H2,1H3,(H,18,20). The van der Waals surface area contributed by atoms with Crippen molar-refractivity contribution in [3.63, 3.8) is 0 Å². The first-order chi connectivity index (χ1) is 10.3. The van der Waals surface area contributed by atoms with E-state index in [0.29, 0.717) is 0 Å². The molecule has 1 atom stereocenters. The first kappa shape index (κ1) is 16.4. The number of likely N-dealkylation sites (tertiary alicyclic amines) is 1.